The van der Waals surface area contributed by atoms with E-state index < -0.39 is 11.8 Å². The van der Waals surface area contributed by atoms with Gasteiger partial charge in [0.2, 0.25) is 0 Å². The van der Waals surface area contributed by atoms with Crippen LogP contribution in [-0.4, -0.2) is 40.6 Å². The lowest BCUT2D eigenvalue weighted by Gasteiger charge is -2.27. The highest BCUT2D eigenvalue weighted by atomic mass is 32.1. The van der Waals surface area contributed by atoms with Gasteiger partial charge in [0.1, 0.15) is 5.57 Å². The Morgan fingerprint density at radius 3 is 2.64 bits per heavy atom. The van der Waals surface area contributed by atoms with E-state index in [2.05, 4.69) is 18.5 Å². The van der Waals surface area contributed by atoms with Crippen LogP contribution in [-0.2, 0) is 16.0 Å². The van der Waals surface area contributed by atoms with Crippen molar-refractivity contribution in [1.82, 2.24) is 10.2 Å². The standard InChI is InChI=1S/C18H18N2O4S/c1-4-6-12-8-11(10-14(24-3)15(12)21)9-13-16(22)19-18(25)20(7-5-2)17(13)23/h4-5,8-10,21H,1-2,6-7H2,3H3,(H,19,22,25)/b13-9-. The molecule has 0 atom stereocenters. The number of rotatable bonds is 6. The molecule has 2 N–H and O–H groups in total. The van der Waals surface area contributed by atoms with Crippen molar-refractivity contribution in [3.63, 3.8) is 0 Å². The fourth-order valence-electron chi connectivity index (χ4n) is 2.39. The number of nitrogens with zero attached hydrogens (tertiary/aromatic N) is 1. The van der Waals surface area contributed by atoms with Crippen LogP contribution in [0.4, 0.5) is 0 Å². The van der Waals surface area contributed by atoms with E-state index in [0.717, 1.165) is 0 Å². The van der Waals surface area contributed by atoms with Crippen molar-refractivity contribution in [3.8, 4) is 11.5 Å². The first-order valence-corrected chi connectivity index (χ1v) is 7.84. The Kier molecular flexibility index (Phi) is 5.71. The van der Waals surface area contributed by atoms with Gasteiger partial charge in [0.15, 0.2) is 16.6 Å². The Balaban J connectivity index is 2.50. The summed E-state index contributed by atoms with van der Waals surface area (Å²) in [5.74, 6) is -0.842. The number of hydrogen-bond acceptors (Lipinski definition) is 5. The number of methoxy groups -OCH3 is 1. The summed E-state index contributed by atoms with van der Waals surface area (Å²) in [7, 11) is 1.42. The van der Waals surface area contributed by atoms with Crippen LogP contribution in [0.5, 0.6) is 11.5 Å². The lowest BCUT2D eigenvalue weighted by atomic mass is 10.0. The van der Waals surface area contributed by atoms with Crippen LogP contribution in [0, 0.1) is 0 Å². The second kappa shape index (κ2) is 7.76. The summed E-state index contributed by atoms with van der Waals surface area (Å²) in [6.45, 7) is 7.41. The summed E-state index contributed by atoms with van der Waals surface area (Å²) < 4.78 is 5.15. The number of ether oxygens (including phenoxy) is 1. The number of nitrogens with one attached hydrogen (secondary N) is 1. The quantitative estimate of drug-likeness (QED) is 0.352. The average molecular weight is 358 g/mol. The second-order valence-electron chi connectivity index (χ2n) is 5.25. The number of carbonyl (C=O) groups excluding carboxylic acids is 2. The normalized spacial score (nSPS) is 16.0. The van der Waals surface area contributed by atoms with E-state index in [4.69, 9.17) is 17.0 Å². The molecule has 1 aliphatic heterocycles. The van der Waals surface area contributed by atoms with E-state index in [-0.39, 0.29) is 28.7 Å². The van der Waals surface area contributed by atoms with Gasteiger partial charge in [-0.05, 0) is 42.4 Å². The Morgan fingerprint density at radius 2 is 2.04 bits per heavy atom. The molecule has 1 aromatic carbocycles. The maximum Gasteiger partial charge on any atom is 0.265 e. The maximum absolute atomic E-state index is 12.5. The summed E-state index contributed by atoms with van der Waals surface area (Å²) in [5, 5.41) is 12.6. The van der Waals surface area contributed by atoms with Crippen molar-refractivity contribution in [2.75, 3.05) is 13.7 Å². The highest BCUT2D eigenvalue weighted by Crippen LogP contribution is 2.33. The number of aromatic hydroxyl groups is 1. The Labute approximate surface area is 151 Å². The zero-order valence-corrected chi connectivity index (χ0v) is 14.6. The van der Waals surface area contributed by atoms with Crippen molar-refractivity contribution < 1.29 is 19.4 Å². The van der Waals surface area contributed by atoms with Gasteiger partial charge in [-0.25, -0.2) is 0 Å². The highest BCUT2D eigenvalue weighted by Gasteiger charge is 2.32. The fraction of sp³-hybridized carbons (Fsp3) is 0.167. The minimum absolute atomic E-state index is 0.00145. The molecule has 0 saturated carbocycles. The highest BCUT2D eigenvalue weighted by molar-refractivity contribution is 7.80. The van der Waals surface area contributed by atoms with Gasteiger partial charge in [0.25, 0.3) is 11.8 Å². The minimum Gasteiger partial charge on any atom is -0.504 e. The molecule has 0 aliphatic carbocycles. The van der Waals surface area contributed by atoms with Gasteiger partial charge in [0.05, 0.1) is 7.11 Å². The Morgan fingerprint density at radius 1 is 1.32 bits per heavy atom. The van der Waals surface area contributed by atoms with Crippen molar-refractivity contribution in [1.29, 1.82) is 0 Å². The third kappa shape index (κ3) is 3.77. The predicted octanol–water partition coefficient (Wildman–Crippen LogP) is 1.94. The molecule has 1 aliphatic rings. The van der Waals surface area contributed by atoms with Crippen molar-refractivity contribution >= 4 is 35.2 Å². The molecule has 0 spiro atoms. The molecule has 0 unspecified atom stereocenters. The van der Waals surface area contributed by atoms with Crippen LogP contribution >= 0.6 is 12.2 Å². The smallest absolute Gasteiger partial charge is 0.265 e. The molecule has 0 bridgehead atoms. The molecule has 1 heterocycles. The van der Waals surface area contributed by atoms with Gasteiger partial charge >= 0.3 is 0 Å². The van der Waals surface area contributed by atoms with Crippen LogP contribution < -0.4 is 10.1 Å². The molecule has 1 fully saturated rings. The van der Waals surface area contributed by atoms with Crippen molar-refractivity contribution in [2.24, 2.45) is 0 Å². The SMILES string of the molecule is C=CCc1cc(/C=C2/C(=O)NC(=S)N(CC=C)C2=O)cc(OC)c1O. The lowest BCUT2D eigenvalue weighted by molar-refractivity contribution is -0.128. The van der Waals surface area contributed by atoms with E-state index in [0.29, 0.717) is 17.5 Å². The second-order valence-corrected chi connectivity index (χ2v) is 5.63. The summed E-state index contributed by atoms with van der Waals surface area (Å²) in [5.41, 5.74) is 1.05. The number of hydrogen-bond donors (Lipinski definition) is 2. The molecule has 130 valence electrons. The van der Waals surface area contributed by atoms with Gasteiger partial charge in [-0.15, -0.1) is 13.2 Å². The van der Waals surface area contributed by atoms with Crippen LogP contribution in [0.2, 0.25) is 0 Å². The summed E-state index contributed by atoms with van der Waals surface area (Å²) in [4.78, 5) is 25.9. The van der Waals surface area contributed by atoms with Gasteiger partial charge in [-0.3, -0.25) is 19.8 Å². The topological polar surface area (TPSA) is 78.9 Å². The molecule has 0 aromatic heterocycles. The number of thiocarbonyl (C=S) groups is 1. The molecule has 1 saturated heterocycles. The Hall–Kier alpha value is -2.93. The molecular formula is C18H18N2O4S. The van der Waals surface area contributed by atoms with Crippen molar-refractivity contribution in [2.45, 2.75) is 6.42 Å². The maximum atomic E-state index is 12.5. The van der Waals surface area contributed by atoms with E-state index in [1.165, 1.54) is 24.2 Å². The van der Waals surface area contributed by atoms with E-state index in [1.54, 1.807) is 18.2 Å². The van der Waals surface area contributed by atoms with Crippen molar-refractivity contribution in [3.05, 3.63) is 54.1 Å². The van der Waals surface area contributed by atoms with Crippen LogP contribution in [0.15, 0.2) is 43.0 Å². The first-order valence-electron chi connectivity index (χ1n) is 7.43. The summed E-state index contributed by atoms with van der Waals surface area (Å²) in [6, 6.07) is 3.21. The number of benzene rings is 1. The number of phenolic OH excluding ortho intramolecular Hbond substituents is 1. The molecule has 2 amide bonds. The predicted molar refractivity (Wildman–Crippen MR) is 99.2 cm³/mol. The molecule has 1 aromatic rings. The van der Waals surface area contributed by atoms with E-state index in [9.17, 15) is 14.7 Å². The van der Waals surface area contributed by atoms with E-state index in [1.807, 2.05) is 0 Å². The van der Waals surface area contributed by atoms with Crippen LogP contribution in [0.25, 0.3) is 6.08 Å². The molecular weight excluding hydrogens is 340 g/mol. The minimum atomic E-state index is -0.576. The lowest BCUT2D eigenvalue weighted by Crippen LogP contribution is -2.53. The third-order valence-electron chi connectivity index (χ3n) is 3.57. The van der Waals surface area contributed by atoms with E-state index >= 15 is 0 Å². The van der Waals surface area contributed by atoms with Crippen LogP contribution in [0.1, 0.15) is 11.1 Å². The van der Waals surface area contributed by atoms with Gasteiger partial charge in [-0.1, -0.05) is 12.2 Å². The average Bonchev–Trinajstić information content (AvgIpc) is 2.58. The molecule has 6 nitrogen and oxygen atoms in total. The zero-order chi connectivity index (χ0) is 18.6. The van der Waals surface area contributed by atoms with Gasteiger partial charge in [-0.2, -0.15) is 0 Å². The summed E-state index contributed by atoms with van der Waals surface area (Å²) in [6.07, 6.45) is 5.00. The zero-order valence-electron chi connectivity index (χ0n) is 13.7. The third-order valence-corrected chi connectivity index (χ3v) is 3.89. The molecule has 7 heteroatoms. The van der Waals surface area contributed by atoms with Crippen LogP contribution in [0.3, 0.4) is 0 Å². The number of phenols is 1. The fourth-order valence-corrected chi connectivity index (χ4v) is 2.64. The number of amides is 2. The first kappa shape index (κ1) is 18.4. The monoisotopic (exact) mass is 358 g/mol. The molecule has 2 rings (SSSR count). The van der Waals surface area contributed by atoms with Gasteiger partial charge in [0, 0.05) is 12.1 Å². The number of carbonyl (C=O) groups is 2. The molecule has 0 radical (unpaired) electrons. The number of allylic oxidation sites excluding steroid dienone is 1. The molecule has 25 heavy (non-hydrogen) atoms. The first-order chi connectivity index (χ1) is 11.9. The largest absolute Gasteiger partial charge is 0.504 e. The van der Waals surface area contributed by atoms with Gasteiger partial charge < -0.3 is 9.84 Å². The Bertz CT molecular complexity index is 799. The summed E-state index contributed by atoms with van der Waals surface area (Å²) >= 11 is 5.01.